The highest BCUT2D eigenvalue weighted by atomic mass is 35.5. The molecule has 0 unspecified atom stereocenters. The predicted octanol–water partition coefficient (Wildman–Crippen LogP) is 7.45. The first-order chi connectivity index (χ1) is 20.6. The van der Waals surface area contributed by atoms with Crippen molar-refractivity contribution in [1.82, 2.24) is 15.6 Å². The van der Waals surface area contributed by atoms with Gasteiger partial charge in [-0.25, -0.2) is 4.79 Å². The van der Waals surface area contributed by atoms with Crippen LogP contribution in [-0.4, -0.2) is 31.1 Å². The molecule has 0 saturated heterocycles. The molecule has 0 saturated carbocycles. The molecule has 230 valence electrons. The lowest BCUT2D eigenvalue weighted by atomic mass is 9.97. The van der Waals surface area contributed by atoms with Crippen LogP contribution in [-0.2, 0) is 27.5 Å². The number of hydrogen-bond acceptors (Lipinski definition) is 5. The summed E-state index contributed by atoms with van der Waals surface area (Å²) in [7, 11) is -4.22. The number of sulfonamides is 1. The number of rotatable bonds is 6. The second kappa shape index (κ2) is 13.1. The highest BCUT2D eigenvalue weighted by molar-refractivity contribution is 7.90. The highest BCUT2D eigenvalue weighted by Gasteiger charge is 2.30. The van der Waals surface area contributed by atoms with Crippen LogP contribution in [0.15, 0.2) is 100 Å². The minimum Gasteiger partial charge on any atom is -0.444 e. The van der Waals surface area contributed by atoms with Crippen LogP contribution in [0.2, 0.25) is 5.02 Å². The predicted molar refractivity (Wildman–Crippen MR) is 162 cm³/mol. The summed E-state index contributed by atoms with van der Waals surface area (Å²) in [5.74, 6) is -0.386. The van der Waals surface area contributed by atoms with Gasteiger partial charge in [0.25, 0.3) is 10.0 Å². The minimum absolute atomic E-state index is 0.0418. The number of hydrogen-bond donors (Lipinski definition) is 2. The molecule has 44 heavy (non-hydrogen) atoms. The number of halogens is 4. The molecule has 1 aromatic heterocycles. The van der Waals surface area contributed by atoms with Gasteiger partial charge in [-0.15, -0.1) is 4.40 Å². The van der Waals surface area contributed by atoms with Crippen LogP contribution in [0.5, 0.6) is 0 Å². The molecular weight excluding hydrogens is 617 g/mol. The Kier molecular flexibility index (Phi) is 9.65. The van der Waals surface area contributed by atoms with Crippen molar-refractivity contribution in [2.45, 2.75) is 44.0 Å². The van der Waals surface area contributed by atoms with E-state index in [-0.39, 0.29) is 17.4 Å². The number of benzene rings is 3. The second-order valence-electron chi connectivity index (χ2n) is 10.5. The molecule has 8 nitrogen and oxygen atoms in total. The second-order valence-corrected chi connectivity index (χ2v) is 12.6. The third-order valence-corrected chi connectivity index (χ3v) is 7.46. The van der Waals surface area contributed by atoms with Gasteiger partial charge in [-0.05, 0) is 74.4 Å². The fraction of sp³-hybridized carbons (Fsp3) is 0.194. The number of guanidine groups is 1. The van der Waals surface area contributed by atoms with Gasteiger partial charge in [0, 0.05) is 28.9 Å². The van der Waals surface area contributed by atoms with Crippen molar-refractivity contribution in [3.63, 3.8) is 0 Å². The number of nitrogens with one attached hydrogen (secondary N) is 2. The Morgan fingerprint density at radius 3 is 2.14 bits per heavy atom. The lowest BCUT2D eigenvalue weighted by Gasteiger charge is -2.20. The number of pyridine rings is 1. The molecule has 0 aliphatic heterocycles. The topological polar surface area (TPSA) is 110 Å². The summed E-state index contributed by atoms with van der Waals surface area (Å²) in [5, 5.41) is 5.66. The van der Waals surface area contributed by atoms with E-state index in [1.54, 1.807) is 69.3 Å². The first-order valence-electron chi connectivity index (χ1n) is 13.2. The molecule has 1 amide bonds. The van der Waals surface area contributed by atoms with E-state index >= 15 is 0 Å². The van der Waals surface area contributed by atoms with Gasteiger partial charge in [-0.1, -0.05) is 54.1 Å². The molecule has 0 fully saturated rings. The number of ether oxygens (including phenoxy) is 1. The molecule has 13 heteroatoms. The van der Waals surface area contributed by atoms with Crippen LogP contribution < -0.4 is 10.6 Å². The third-order valence-electron chi connectivity index (χ3n) is 5.92. The summed E-state index contributed by atoms with van der Waals surface area (Å²) < 4.78 is 74.4. The lowest BCUT2D eigenvalue weighted by Crippen LogP contribution is -2.43. The molecular formula is C31H28ClF3N4O4S. The van der Waals surface area contributed by atoms with Gasteiger partial charge in [0.2, 0.25) is 5.96 Å². The zero-order valence-corrected chi connectivity index (χ0v) is 25.4. The smallest absolute Gasteiger partial charge is 0.416 e. The SMILES string of the molecule is CC(C)(C)OC(=O)NC(=NS(=O)(=O)c1ccccc1)NCc1cnc(-c2ccc(C(F)(F)F)cc2)c(-c2ccc(Cl)cc2)c1. The summed E-state index contributed by atoms with van der Waals surface area (Å²) in [6.07, 6.45) is -3.93. The van der Waals surface area contributed by atoms with Crippen molar-refractivity contribution in [2.24, 2.45) is 4.40 Å². The molecule has 4 rings (SSSR count). The number of carbonyl (C=O) groups is 1. The van der Waals surface area contributed by atoms with Crippen LogP contribution in [0.3, 0.4) is 0 Å². The van der Waals surface area contributed by atoms with E-state index in [1.165, 1.54) is 30.5 Å². The third kappa shape index (κ3) is 8.80. The fourth-order valence-corrected chi connectivity index (χ4v) is 5.04. The van der Waals surface area contributed by atoms with E-state index in [9.17, 15) is 26.4 Å². The average Bonchev–Trinajstić information content (AvgIpc) is 2.95. The molecule has 0 radical (unpaired) electrons. The number of alkyl halides is 3. The van der Waals surface area contributed by atoms with Crippen LogP contribution in [0, 0.1) is 0 Å². The average molecular weight is 645 g/mol. The maximum absolute atomic E-state index is 13.2. The Labute approximate surface area is 258 Å². The summed E-state index contributed by atoms with van der Waals surface area (Å²) in [6.45, 7) is 4.92. The molecule has 2 N–H and O–H groups in total. The summed E-state index contributed by atoms with van der Waals surface area (Å²) >= 11 is 6.07. The van der Waals surface area contributed by atoms with E-state index in [2.05, 4.69) is 20.0 Å². The number of amides is 1. The summed E-state index contributed by atoms with van der Waals surface area (Å²) in [6, 6.07) is 20.7. The first-order valence-corrected chi connectivity index (χ1v) is 15.0. The normalized spacial score (nSPS) is 12.5. The van der Waals surface area contributed by atoms with Gasteiger partial charge < -0.3 is 10.1 Å². The Bertz CT molecular complexity index is 1760. The van der Waals surface area contributed by atoms with Crippen LogP contribution in [0.4, 0.5) is 18.0 Å². The van der Waals surface area contributed by atoms with Gasteiger partial charge >= 0.3 is 12.3 Å². The Morgan fingerprint density at radius 2 is 1.55 bits per heavy atom. The maximum Gasteiger partial charge on any atom is 0.416 e. The molecule has 0 spiro atoms. The number of aromatic nitrogens is 1. The molecule has 1 heterocycles. The summed E-state index contributed by atoms with van der Waals surface area (Å²) in [4.78, 5) is 17.0. The zero-order chi connectivity index (χ0) is 32.1. The van der Waals surface area contributed by atoms with Gasteiger partial charge in [0.1, 0.15) is 5.60 Å². The first kappa shape index (κ1) is 32.5. The Morgan fingerprint density at radius 1 is 0.932 bits per heavy atom. The van der Waals surface area contributed by atoms with Crippen molar-refractivity contribution < 1.29 is 31.1 Å². The van der Waals surface area contributed by atoms with Gasteiger partial charge in [0.15, 0.2) is 0 Å². The van der Waals surface area contributed by atoms with E-state index < -0.39 is 33.5 Å². The van der Waals surface area contributed by atoms with Crippen LogP contribution in [0.1, 0.15) is 31.9 Å². The molecule has 0 aliphatic rings. The molecule has 0 bridgehead atoms. The van der Waals surface area contributed by atoms with E-state index in [0.29, 0.717) is 33.0 Å². The molecule has 0 atom stereocenters. The van der Waals surface area contributed by atoms with Crippen molar-refractivity contribution in [3.8, 4) is 22.4 Å². The Hall–Kier alpha value is -4.42. The van der Waals surface area contributed by atoms with Crippen molar-refractivity contribution in [3.05, 3.63) is 107 Å². The minimum atomic E-state index is -4.49. The largest absolute Gasteiger partial charge is 0.444 e. The molecule has 3 aromatic carbocycles. The fourth-order valence-electron chi connectivity index (χ4n) is 3.95. The molecule has 4 aromatic rings. The monoisotopic (exact) mass is 644 g/mol. The number of alkyl carbamates (subject to hydrolysis) is 1. The number of carbonyl (C=O) groups excluding carboxylic acids is 1. The van der Waals surface area contributed by atoms with Crippen LogP contribution in [0.25, 0.3) is 22.4 Å². The van der Waals surface area contributed by atoms with E-state index in [0.717, 1.165) is 12.1 Å². The Balaban J connectivity index is 1.69. The maximum atomic E-state index is 13.2. The zero-order valence-electron chi connectivity index (χ0n) is 23.8. The number of nitrogens with zero attached hydrogens (tertiary/aromatic N) is 2. The lowest BCUT2D eigenvalue weighted by molar-refractivity contribution is -0.137. The van der Waals surface area contributed by atoms with Gasteiger partial charge in [0.05, 0.1) is 16.2 Å². The van der Waals surface area contributed by atoms with Gasteiger partial charge in [-0.2, -0.15) is 21.6 Å². The highest BCUT2D eigenvalue weighted by Crippen LogP contribution is 2.35. The van der Waals surface area contributed by atoms with Crippen molar-refractivity contribution >= 4 is 33.7 Å². The summed E-state index contributed by atoms with van der Waals surface area (Å²) in [5.41, 5.74) is 1.02. The van der Waals surface area contributed by atoms with Crippen molar-refractivity contribution in [1.29, 1.82) is 0 Å². The molecule has 0 aliphatic carbocycles. The quantitative estimate of drug-likeness (QED) is 0.167. The van der Waals surface area contributed by atoms with Gasteiger partial charge in [-0.3, -0.25) is 10.3 Å². The standard InChI is InChI=1S/C31H28ClF3N4O4S/c1-30(2,3)43-29(40)38-28(39-44(41,42)25-7-5-4-6-8-25)37-19-20-17-26(21-11-15-24(32)16-12-21)27(36-18-20)22-9-13-23(14-10-22)31(33,34)35/h4-18H,19H2,1-3H3,(H2,37,38,39,40). The van der Waals surface area contributed by atoms with E-state index in [1.807, 2.05) is 0 Å². The van der Waals surface area contributed by atoms with Crippen LogP contribution >= 0.6 is 11.6 Å². The van der Waals surface area contributed by atoms with Crippen molar-refractivity contribution in [2.75, 3.05) is 0 Å². The van der Waals surface area contributed by atoms with E-state index in [4.69, 9.17) is 16.3 Å².